The molecule has 1 aliphatic carbocycles. The van der Waals surface area contributed by atoms with Gasteiger partial charge >= 0.3 is 0 Å². The van der Waals surface area contributed by atoms with Crippen molar-refractivity contribution in [2.24, 2.45) is 5.92 Å². The standard InChI is InChI=1S/C10H19NO2S/c1-2-9-4-3-7-11(8-9)14(12,13)10-5-6-10/h9-10H,2-8H2,1H3. The maximum Gasteiger partial charge on any atom is 0.216 e. The lowest BCUT2D eigenvalue weighted by molar-refractivity contribution is 0.261. The Balaban J connectivity index is 2.03. The lowest BCUT2D eigenvalue weighted by Gasteiger charge is -2.31. The minimum atomic E-state index is -2.90. The second-order valence-corrected chi connectivity index (χ2v) is 6.73. The first-order chi connectivity index (χ1) is 6.64. The lowest BCUT2D eigenvalue weighted by Crippen LogP contribution is -2.41. The molecule has 0 spiro atoms. The van der Waals surface area contributed by atoms with Crippen LogP contribution in [0.25, 0.3) is 0 Å². The van der Waals surface area contributed by atoms with Crippen LogP contribution in [0.1, 0.15) is 39.0 Å². The maximum absolute atomic E-state index is 11.9. The number of sulfonamides is 1. The Bertz CT molecular complexity index is 295. The van der Waals surface area contributed by atoms with Gasteiger partial charge in [0.15, 0.2) is 0 Å². The molecule has 3 nitrogen and oxygen atoms in total. The van der Waals surface area contributed by atoms with Crippen LogP contribution in [0, 0.1) is 5.92 Å². The van der Waals surface area contributed by atoms with Crippen LogP contribution in [0.2, 0.25) is 0 Å². The highest BCUT2D eigenvalue weighted by Crippen LogP contribution is 2.33. The molecule has 0 bridgehead atoms. The molecule has 1 unspecified atom stereocenters. The summed E-state index contributed by atoms with van der Waals surface area (Å²) in [6.07, 6.45) is 5.12. The van der Waals surface area contributed by atoms with Crippen LogP contribution in [0.3, 0.4) is 0 Å². The highest BCUT2D eigenvalue weighted by Gasteiger charge is 2.41. The fourth-order valence-electron chi connectivity index (χ4n) is 2.17. The van der Waals surface area contributed by atoms with Crippen molar-refractivity contribution in [3.63, 3.8) is 0 Å². The van der Waals surface area contributed by atoms with Crippen LogP contribution in [0.5, 0.6) is 0 Å². The van der Waals surface area contributed by atoms with E-state index in [1.54, 1.807) is 4.31 Å². The van der Waals surface area contributed by atoms with Gasteiger partial charge in [-0.3, -0.25) is 0 Å². The number of hydrogen-bond donors (Lipinski definition) is 0. The van der Waals surface area contributed by atoms with Gasteiger partial charge in [0.05, 0.1) is 5.25 Å². The molecule has 0 amide bonds. The number of piperidine rings is 1. The summed E-state index contributed by atoms with van der Waals surface area (Å²) in [4.78, 5) is 0. The fourth-order valence-corrected chi connectivity index (χ4v) is 4.12. The van der Waals surface area contributed by atoms with E-state index in [0.717, 1.165) is 38.8 Å². The summed E-state index contributed by atoms with van der Waals surface area (Å²) in [6.45, 7) is 3.68. The van der Waals surface area contributed by atoms with Crippen LogP contribution < -0.4 is 0 Å². The molecule has 2 fully saturated rings. The van der Waals surface area contributed by atoms with Gasteiger partial charge in [-0.05, 0) is 31.6 Å². The van der Waals surface area contributed by atoms with E-state index in [0.29, 0.717) is 5.92 Å². The maximum atomic E-state index is 11.9. The third kappa shape index (κ3) is 1.96. The van der Waals surface area contributed by atoms with Gasteiger partial charge in [0.25, 0.3) is 0 Å². The summed E-state index contributed by atoms with van der Waals surface area (Å²) in [5.74, 6) is 0.595. The molecular weight excluding hydrogens is 198 g/mol. The molecular formula is C10H19NO2S. The van der Waals surface area contributed by atoms with Gasteiger partial charge in [0, 0.05) is 13.1 Å². The largest absolute Gasteiger partial charge is 0.216 e. The number of nitrogens with zero attached hydrogens (tertiary/aromatic N) is 1. The lowest BCUT2D eigenvalue weighted by atomic mass is 9.97. The van der Waals surface area contributed by atoms with Crippen LogP contribution >= 0.6 is 0 Å². The first-order valence-corrected chi connectivity index (χ1v) is 7.14. The van der Waals surface area contributed by atoms with Crippen LogP contribution in [-0.4, -0.2) is 31.1 Å². The normalized spacial score (nSPS) is 30.5. The molecule has 0 aromatic rings. The summed E-state index contributed by atoms with van der Waals surface area (Å²) in [5, 5.41) is -0.0295. The van der Waals surface area contributed by atoms with Gasteiger partial charge in [0.2, 0.25) is 10.0 Å². The highest BCUT2D eigenvalue weighted by atomic mass is 32.2. The minimum Gasteiger partial charge on any atom is -0.212 e. The van der Waals surface area contributed by atoms with Crippen molar-refractivity contribution in [2.45, 2.75) is 44.3 Å². The van der Waals surface area contributed by atoms with Gasteiger partial charge in [-0.25, -0.2) is 12.7 Å². The zero-order valence-corrected chi connectivity index (χ0v) is 9.59. The molecule has 0 radical (unpaired) electrons. The van der Waals surface area contributed by atoms with Gasteiger partial charge in [-0.2, -0.15) is 0 Å². The van der Waals surface area contributed by atoms with Crippen LogP contribution in [0.15, 0.2) is 0 Å². The van der Waals surface area contributed by atoms with Crippen molar-refractivity contribution >= 4 is 10.0 Å². The summed E-state index contributed by atoms with van der Waals surface area (Å²) in [6, 6.07) is 0. The summed E-state index contributed by atoms with van der Waals surface area (Å²) < 4.78 is 25.6. The van der Waals surface area contributed by atoms with E-state index in [2.05, 4.69) is 6.92 Å². The molecule has 0 aromatic carbocycles. The minimum absolute atomic E-state index is 0.0295. The second kappa shape index (κ2) is 3.81. The zero-order chi connectivity index (χ0) is 10.2. The molecule has 14 heavy (non-hydrogen) atoms. The van der Waals surface area contributed by atoms with Crippen molar-refractivity contribution in [3.8, 4) is 0 Å². The smallest absolute Gasteiger partial charge is 0.212 e. The average molecular weight is 217 g/mol. The van der Waals surface area contributed by atoms with Gasteiger partial charge in [-0.1, -0.05) is 13.3 Å². The van der Waals surface area contributed by atoms with Gasteiger partial charge in [0.1, 0.15) is 0 Å². The summed E-state index contributed by atoms with van der Waals surface area (Å²) in [5.41, 5.74) is 0. The first-order valence-electron chi connectivity index (χ1n) is 5.63. The molecule has 1 aliphatic heterocycles. The van der Waals surface area contributed by atoms with Gasteiger partial charge in [-0.15, -0.1) is 0 Å². The SMILES string of the molecule is CCC1CCCN(S(=O)(=O)C2CC2)C1. The fraction of sp³-hybridized carbons (Fsp3) is 1.00. The molecule has 0 N–H and O–H groups in total. The predicted molar refractivity (Wildman–Crippen MR) is 56.5 cm³/mol. The summed E-state index contributed by atoms with van der Waals surface area (Å²) in [7, 11) is -2.90. The molecule has 1 saturated heterocycles. The van der Waals surface area contributed by atoms with Crippen molar-refractivity contribution in [1.29, 1.82) is 0 Å². The van der Waals surface area contributed by atoms with E-state index in [1.165, 1.54) is 6.42 Å². The van der Waals surface area contributed by atoms with Crippen molar-refractivity contribution in [2.75, 3.05) is 13.1 Å². The van der Waals surface area contributed by atoms with Crippen LogP contribution in [0.4, 0.5) is 0 Å². The Hall–Kier alpha value is -0.0900. The average Bonchev–Trinajstić information content (AvgIpc) is 3.01. The Labute approximate surface area is 86.5 Å². The molecule has 0 aromatic heterocycles. The van der Waals surface area contributed by atoms with Crippen molar-refractivity contribution < 1.29 is 8.42 Å². The molecule has 1 atom stereocenters. The third-order valence-electron chi connectivity index (χ3n) is 3.36. The molecule has 4 heteroatoms. The van der Waals surface area contributed by atoms with Crippen molar-refractivity contribution in [3.05, 3.63) is 0 Å². The van der Waals surface area contributed by atoms with E-state index in [9.17, 15) is 8.42 Å². The Morgan fingerprint density at radius 1 is 1.29 bits per heavy atom. The van der Waals surface area contributed by atoms with Crippen molar-refractivity contribution in [1.82, 2.24) is 4.31 Å². The summed E-state index contributed by atoms with van der Waals surface area (Å²) >= 11 is 0. The van der Waals surface area contributed by atoms with E-state index >= 15 is 0 Å². The molecule has 82 valence electrons. The zero-order valence-electron chi connectivity index (χ0n) is 8.78. The van der Waals surface area contributed by atoms with E-state index in [4.69, 9.17) is 0 Å². The van der Waals surface area contributed by atoms with E-state index in [-0.39, 0.29) is 5.25 Å². The highest BCUT2D eigenvalue weighted by molar-refractivity contribution is 7.90. The third-order valence-corrected chi connectivity index (χ3v) is 5.73. The number of hydrogen-bond acceptors (Lipinski definition) is 2. The molecule has 2 rings (SSSR count). The monoisotopic (exact) mass is 217 g/mol. The molecule has 1 saturated carbocycles. The predicted octanol–water partition coefficient (Wildman–Crippen LogP) is 1.60. The first kappa shape index (κ1) is 10.4. The topological polar surface area (TPSA) is 37.4 Å². The Morgan fingerprint density at radius 2 is 2.00 bits per heavy atom. The van der Waals surface area contributed by atoms with Gasteiger partial charge < -0.3 is 0 Å². The van der Waals surface area contributed by atoms with Crippen LogP contribution in [-0.2, 0) is 10.0 Å². The molecule has 2 aliphatic rings. The van der Waals surface area contributed by atoms with E-state index < -0.39 is 10.0 Å². The van der Waals surface area contributed by atoms with E-state index in [1.807, 2.05) is 0 Å². The number of rotatable bonds is 3. The second-order valence-electron chi connectivity index (χ2n) is 4.52. The quantitative estimate of drug-likeness (QED) is 0.720. The molecule has 1 heterocycles. The Kier molecular flexibility index (Phi) is 2.84. The Morgan fingerprint density at radius 3 is 2.57 bits per heavy atom.